The molecule has 0 heterocycles. The first-order valence-corrected chi connectivity index (χ1v) is 6.77. The molecule has 0 radical (unpaired) electrons. The first kappa shape index (κ1) is 14.2. The fourth-order valence-corrected chi connectivity index (χ4v) is 2.75. The van der Waals surface area contributed by atoms with E-state index in [4.69, 9.17) is 16.3 Å². The van der Waals surface area contributed by atoms with Gasteiger partial charge in [0.25, 0.3) is 0 Å². The number of nitrogens with one attached hydrogen (secondary N) is 2. The van der Waals surface area contributed by atoms with Crippen LogP contribution >= 0.6 is 11.6 Å². The van der Waals surface area contributed by atoms with Crippen LogP contribution in [0.5, 0.6) is 5.75 Å². The number of halogens is 1. The number of ether oxygens (including phenoxy) is 1. The van der Waals surface area contributed by atoms with E-state index in [2.05, 4.69) is 10.0 Å². The summed E-state index contributed by atoms with van der Waals surface area (Å²) in [7, 11) is 0.933. The number of hydrogen-bond acceptors (Lipinski definition) is 4. The Morgan fingerprint density at radius 2 is 2.00 bits per heavy atom. The van der Waals surface area contributed by atoms with E-state index in [1.807, 2.05) is 0 Å². The van der Waals surface area contributed by atoms with Gasteiger partial charge in [0.1, 0.15) is 10.6 Å². The van der Waals surface area contributed by atoms with Crippen molar-refractivity contribution < 1.29 is 13.2 Å². The van der Waals surface area contributed by atoms with Crippen LogP contribution in [0, 0.1) is 0 Å². The number of rotatable bonds is 5. The maximum atomic E-state index is 11.8. The molecule has 5 nitrogen and oxygen atoms in total. The van der Waals surface area contributed by atoms with Crippen LogP contribution in [0.2, 0.25) is 5.02 Å². The molecule has 0 amide bonds. The Labute approximate surface area is 106 Å². The van der Waals surface area contributed by atoms with Crippen molar-refractivity contribution in [2.24, 2.45) is 0 Å². The molecule has 0 saturated carbocycles. The van der Waals surface area contributed by atoms with Crippen molar-refractivity contribution in [3.8, 4) is 5.75 Å². The van der Waals surface area contributed by atoms with Gasteiger partial charge in [-0.2, -0.15) is 0 Å². The summed E-state index contributed by atoms with van der Waals surface area (Å²) in [6.07, 6.45) is 0. The summed E-state index contributed by atoms with van der Waals surface area (Å²) >= 11 is 5.90. The fourth-order valence-electron chi connectivity index (χ4n) is 1.49. The minimum Gasteiger partial charge on any atom is -0.495 e. The zero-order valence-corrected chi connectivity index (χ0v) is 11.4. The second-order valence-corrected chi connectivity index (χ2v) is 5.63. The Morgan fingerprint density at radius 3 is 2.47 bits per heavy atom. The predicted molar refractivity (Wildman–Crippen MR) is 67.0 cm³/mol. The maximum absolute atomic E-state index is 11.8. The fraction of sp³-hybridized carbons (Fsp3) is 0.400. The summed E-state index contributed by atoms with van der Waals surface area (Å²) in [6.45, 7) is 0.468. The molecule has 2 N–H and O–H groups in total. The molecule has 0 fully saturated rings. The minimum atomic E-state index is -3.59. The molecule has 7 heteroatoms. The van der Waals surface area contributed by atoms with Gasteiger partial charge < -0.3 is 10.1 Å². The van der Waals surface area contributed by atoms with Crippen LogP contribution in [0.1, 0.15) is 5.56 Å². The number of sulfonamides is 1. The van der Waals surface area contributed by atoms with Crippen LogP contribution in [-0.2, 0) is 16.6 Å². The molecule has 0 spiro atoms. The lowest BCUT2D eigenvalue weighted by molar-refractivity contribution is 0.396. The van der Waals surface area contributed by atoms with Crippen LogP contribution in [-0.4, -0.2) is 29.6 Å². The summed E-state index contributed by atoms with van der Waals surface area (Å²) in [5, 5.41) is 3.28. The maximum Gasteiger partial charge on any atom is 0.244 e. The number of benzene rings is 1. The highest BCUT2D eigenvalue weighted by atomic mass is 35.5. The van der Waals surface area contributed by atoms with Gasteiger partial charge in [0, 0.05) is 17.1 Å². The van der Waals surface area contributed by atoms with Gasteiger partial charge >= 0.3 is 0 Å². The molecule has 0 aliphatic carbocycles. The molecule has 0 aromatic heterocycles. The average Bonchev–Trinajstić information content (AvgIpc) is 2.29. The molecule has 1 rings (SSSR count). The molecule has 0 bridgehead atoms. The predicted octanol–water partition coefficient (Wildman–Crippen LogP) is 0.976. The first-order valence-electron chi connectivity index (χ1n) is 4.90. The van der Waals surface area contributed by atoms with E-state index in [0.29, 0.717) is 22.9 Å². The summed E-state index contributed by atoms with van der Waals surface area (Å²) in [5.41, 5.74) is 0.691. The summed E-state index contributed by atoms with van der Waals surface area (Å²) in [6, 6.07) is 3.04. The van der Waals surface area contributed by atoms with Gasteiger partial charge in [0.15, 0.2) is 0 Å². The van der Waals surface area contributed by atoms with Gasteiger partial charge in [-0.05, 0) is 26.2 Å². The molecule has 0 unspecified atom stereocenters. The summed E-state index contributed by atoms with van der Waals surface area (Å²) < 4.78 is 31.0. The standard InChI is InChI=1S/C10H15ClN2O3S/c1-12-6-7-4-8(11)5-9(10(7)16-3)17(14,15)13-2/h4-5,12-13H,6H2,1-3H3. The smallest absolute Gasteiger partial charge is 0.244 e. The SMILES string of the molecule is CNCc1cc(Cl)cc(S(=O)(=O)NC)c1OC. The molecule has 1 aromatic carbocycles. The lowest BCUT2D eigenvalue weighted by Gasteiger charge is -2.14. The molecular formula is C10H15ClN2O3S. The minimum absolute atomic E-state index is 0.0419. The Hall–Kier alpha value is -0.820. The third-order valence-electron chi connectivity index (χ3n) is 2.23. The second-order valence-electron chi connectivity index (χ2n) is 3.33. The van der Waals surface area contributed by atoms with Gasteiger partial charge in [0.2, 0.25) is 10.0 Å². The quantitative estimate of drug-likeness (QED) is 0.842. The molecule has 0 atom stereocenters. The highest BCUT2D eigenvalue weighted by Crippen LogP contribution is 2.31. The van der Waals surface area contributed by atoms with Crippen molar-refractivity contribution in [3.63, 3.8) is 0 Å². The Balaban J connectivity index is 3.49. The third-order valence-corrected chi connectivity index (χ3v) is 3.86. The van der Waals surface area contributed by atoms with E-state index < -0.39 is 10.0 Å². The normalized spacial score (nSPS) is 11.5. The lowest BCUT2D eigenvalue weighted by Crippen LogP contribution is -2.20. The van der Waals surface area contributed by atoms with Crippen molar-refractivity contribution >= 4 is 21.6 Å². The van der Waals surface area contributed by atoms with Crippen LogP contribution < -0.4 is 14.8 Å². The van der Waals surface area contributed by atoms with E-state index in [1.165, 1.54) is 20.2 Å². The Kier molecular flexibility index (Phi) is 4.76. The van der Waals surface area contributed by atoms with Gasteiger partial charge in [0.05, 0.1) is 7.11 Å². The molecular weight excluding hydrogens is 264 g/mol. The molecule has 0 aliphatic heterocycles. The molecule has 96 valence electrons. The average molecular weight is 279 g/mol. The van der Waals surface area contributed by atoms with Crippen LogP contribution in [0.3, 0.4) is 0 Å². The van der Waals surface area contributed by atoms with E-state index >= 15 is 0 Å². The number of methoxy groups -OCH3 is 1. The van der Waals surface area contributed by atoms with Crippen molar-refractivity contribution in [2.75, 3.05) is 21.2 Å². The molecule has 0 saturated heterocycles. The van der Waals surface area contributed by atoms with Crippen LogP contribution in [0.4, 0.5) is 0 Å². The Morgan fingerprint density at radius 1 is 1.35 bits per heavy atom. The molecule has 1 aromatic rings. The highest BCUT2D eigenvalue weighted by Gasteiger charge is 2.21. The third kappa shape index (κ3) is 3.10. The van der Waals surface area contributed by atoms with Gasteiger partial charge in [-0.1, -0.05) is 11.6 Å². The van der Waals surface area contributed by atoms with Crippen molar-refractivity contribution in [3.05, 3.63) is 22.7 Å². The highest BCUT2D eigenvalue weighted by molar-refractivity contribution is 7.89. The topological polar surface area (TPSA) is 67.4 Å². The second kappa shape index (κ2) is 5.68. The van der Waals surface area contributed by atoms with Gasteiger partial charge in [-0.15, -0.1) is 0 Å². The Bertz CT molecular complexity index is 503. The van der Waals surface area contributed by atoms with Gasteiger partial charge in [-0.25, -0.2) is 13.1 Å². The van der Waals surface area contributed by atoms with E-state index in [1.54, 1.807) is 13.1 Å². The summed E-state index contributed by atoms with van der Waals surface area (Å²) in [5.74, 6) is 0.304. The molecule has 0 aliphatic rings. The zero-order valence-electron chi connectivity index (χ0n) is 9.87. The monoisotopic (exact) mass is 278 g/mol. The largest absolute Gasteiger partial charge is 0.495 e. The molecule has 17 heavy (non-hydrogen) atoms. The first-order chi connectivity index (χ1) is 7.96. The van der Waals surface area contributed by atoms with E-state index in [9.17, 15) is 8.42 Å². The van der Waals surface area contributed by atoms with E-state index in [-0.39, 0.29) is 4.90 Å². The van der Waals surface area contributed by atoms with E-state index in [0.717, 1.165) is 0 Å². The van der Waals surface area contributed by atoms with Crippen molar-refractivity contribution in [1.29, 1.82) is 0 Å². The lowest BCUT2D eigenvalue weighted by atomic mass is 10.2. The zero-order chi connectivity index (χ0) is 13.1. The van der Waals surface area contributed by atoms with Crippen molar-refractivity contribution in [1.82, 2.24) is 10.0 Å². The summed E-state index contributed by atoms with van der Waals surface area (Å²) in [4.78, 5) is 0.0419. The van der Waals surface area contributed by atoms with Gasteiger partial charge in [-0.3, -0.25) is 0 Å². The van der Waals surface area contributed by atoms with Crippen LogP contribution in [0.25, 0.3) is 0 Å². The number of hydrogen-bond donors (Lipinski definition) is 2. The van der Waals surface area contributed by atoms with Crippen LogP contribution in [0.15, 0.2) is 17.0 Å². The van der Waals surface area contributed by atoms with Crippen molar-refractivity contribution in [2.45, 2.75) is 11.4 Å².